The van der Waals surface area contributed by atoms with E-state index in [1.165, 1.54) is 0 Å². The molecule has 0 atom stereocenters. The zero-order valence-corrected chi connectivity index (χ0v) is 8.06. The summed E-state index contributed by atoms with van der Waals surface area (Å²) >= 11 is 5.31. The number of nitrogens with zero attached hydrogens (tertiary/aromatic N) is 2. The van der Waals surface area contributed by atoms with Gasteiger partial charge in [0.05, 0.1) is 0 Å². The summed E-state index contributed by atoms with van der Waals surface area (Å²) in [6.45, 7) is 0. The summed E-state index contributed by atoms with van der Waals surface area (Å²) in [5.41, 5.74) is 0. The molecule has 0 aliphatic heterocycles. The third kappa shape index (κ3) is 2.74. The molecule has 0 radical (unpaired) electrons. The van der Waals surface area contributed by atoms with Crippen molar-refractivity contribution in [3.63, 3.8) is 0 Å². The minimum absolute atomic E-state index is 0.237. The molecular weight excluding hydrogens is 240 g/mol. The van der Waals surface area contributed by atoms with Crippen LogP contribution < -0.4 is 4.72 Å². The van der Waals surface area contributed by atoms with Crippen LogP contribution in [0.25, 0.3) is 0 Å². The second kappa shape index (κ2) is 4.01. The molecular formula is C5H4ClF2N3O2S. The zero-order valence-electron chi connectivity index (χ0n) is 6.49. The summed E-state index contributed by atoms with van der Waals surface area (Å²) in [6.07, 6.45) is 1.14. The maximum Gasteiger partial charge on any atom is 0.355 e. The molecule has 9 heteroatoms. The van der Waals surface area contributed by atoms with Crippen LogP contribution in [0.1, 0.15) is 0 Å². The number of rotatable bonds is 3. The van der Waals surface area contributed by atoms with Gasteiger partial charge in [-0.25, -0.2) is 13.4 Å². The predicted octanol–water partition coefficient (Wildman–Crippen LogP) is 1.09. The van der Waals surface area contributed by atoms with Crippen molar-refractivity contribution < 1.29 is 17.2 Å². The number of hydrogen-bond donors (Lipinski definition) is 1. The molecule has 1 aromatic heterocycles. The molecule has 0 saturated heterocycles. The molecule has 0 amide bonds. The fourth-order valence-corrected chi connectivity index (χ4v) is 1.22. The first-order valence-electron chi connectivity index (χ1n) is 3.20. The normalized spacial score (nSPS) is 11.7. The lowest BCUT2D eigenvalue weighted by molar-refractivity contribution is 0.236. The van der Waals surface area contributed by atoms with Gasteiger partial charge in [0.2, 0.25) is 5.28 Å². The number of aromatic nitrogens is 2. The third-order valence-electron chi connectivity index (χ3n) is 1.11. The molecule has 14 heavy (non-hydrogen) atoms. The van der Waals surface area contributed by atoms with Gasteiger partial charge in [-0.2, -0.15) is 13.8 Å². The predicted molar refractivity (Wildman–Crippen MR) is 45.6 cm³/mol. The number of alkyl halides is 2. The van der Waals surface area contributed by atoms with E-state index in [-0.39, 0.29) is 11.1 Å². The van der Waals surface area contributed by atoms with Gasteiger partial charge in [0.25, 0.3) is 10.0 Å². The lowest BCUT2D eigenvalue weighted by Crippen LogP contribution is -2.21. The van der Waals surface area contributed by atoms with Gasteiger partial charge in [-0.15, -0.1) is 0 Å². The Morgan fingerprint density at radius 1 is 1.50 bits per heavy atom. The molecule has 1 heterocycles. The molecule has 1 rings (SSSR count). The molecule has 0 fully saturated rings. The van der Waals surface area contributed by atoms with Gasteiger partial charge in [0, 0.05) is 6.20 Å². The van der Waals surface area contributed by atoms with Crippen LogP contribution in [0.5, 0.6) is 0 Å². The molecule has 0 bridgehead atoms. The van der Waals surface area contributed by atoms with Gasteiger partial charge in [-0.05, 0) is 17.7 Å². The van der Waals surface area contributed by atoms with Crippen molar-refractivity contribution >= 4 is 27.4 Å². The van der Waals surface area contributed by atoms with Crippen LogP contribution in [0, 0.1) is 0 Å². The Balaban J connectivity index is 2.90. The Hall–Kier alpha value is -1.02. The highest BCUT2D eigenvalue weighted by molar-refractivity contribution is 7.92. The van der Waals surface area contributed by atoms with Gasteiger partial charge in [0.15, 0.2) is 0 Å². The van der Waals surface area contributed by atoms with Crippen molar-refractivity contribution in [1.82, 2.24) is 9.97 Å². The largest absolute Gasteiger partial charge is 0.355 e. The zero-order chi connectivity index (χ0) is 10.8. The van der Waals surface area contributed by atoms with Gasteiger partial charge in [0.1, 0.15) is 5.82 Å². The Morgan fingerprint density at radius 3 is 2.64 bits per heavy atom. The van der Waals surface area contributed by atoms with E-state index in [1.54, 1.807) is 4.72 Å². The lowest BCUT2D eigenvalue weighted by Gasteiger charge is -2.04. The molecule has 1 N–H and O–H groups in total. The van der Waals surface area contributed by atoms with Gasteiger partial charge in [-0.3, -0.25) is 4.72 Å². The molecule has 1 aromatic rings. The van der Waals surface area contributed by atoms with E-state index in [4.69, 9.17) is 11.6 Å². The molecule has 5 nitrogen and oxygen atoms in total. The number of sulfonamides is 1. The summed E-state index contributed by atoms with van der Waals surface area (Å²) in [5.74, 6) is -3.82. The molecule has 0 aliphatic carbocycles. The Labute approximate surface area is 83.2 Å². The average molecular weight is 244 g/mol. The van der Waals surface area contributed by atoms with Crippen molar-refractivity contribution in [2.45, 2.75) is 5.76 Å². The van der Waals surface area contributed by atoms with Crippen LogP contribution in [-0.2, 0) is 10.0 Å². The molecule has 78 valence electrons. The fraction of sp³-hybridized carbons (Fsp3) is 0.200. The van der Waals surface area contributed by atoms with E-state index >= 15 is 0 Å². The van der Waals surface area contributed by atoms with Crippen LogP contribution in [0.3, 0.4) is 0 Å². The summed E-state index contributed by atoms with van der Waals surface area (Å²) in [7, 11) is -4.70. The topological polar surface area (TPSA) is 72.0 Å². The smallest absolute Gasteiger partial charge is 0.262 e. The van der Waals surface area contributed by atoms with E-state index in [0.717, 1.165) is 12.3 Å². The summed E-state index contributed by atoms with van der Waals surface area (Å²) in [6, 6.07) is 1.10. The monoisotopic (exact) mass is 243 g/mol. The summed E-state index contributed by atoms with van der Waals surface area (Å²) in [5, 5.41) is -0.237. The highest BCUT2D eigenvalue weighted by Crippen LogP contribution is 2.11. The molecule has 0 saturated carbocycles. The van der Waals surface area contributed by atoms with Crippen molar-refractivity contribution in [1.29, 1.82) is 0 Å². The first-order chi connectivity index (χ1) is 6.42. The minimum atomic E-state index is -4.70. The van der Waals surface area contributed by atoms with Crippen molar-refractivity contribution in [2.75, 3.05) is 4.72 Å². The maximum absolute atomic E-state index is 11.9. The van der Waals surface area contributed by atoms with E-state index in [2.05, 4.69) is 9.97 Å². The van der Waals surface area contributed by atoms with E-state index in [1.807, 2.05) is 0 Å². The van der Waals surface area contributed by atoms with E-state index in [9.17, 15) is 17.2 Å². The number of hydrogen-bond acceptors (Lipinski definition) is 4. The molecule has 0 spiro atoms. The van der Waals surface area contributed by atoms with E-state index in [0.29, 0.717) is 0 Å². The van der Waals surface area contributed by atoms with Crippen LogP contribution >= 0.6 is 11.6 Å². The van der Waals surface area contributed by atoms with Crippen molar-refractivity contribution in [3.8, 4) is 0 Å². The molecule has 0 unspecified atom stereocenters. The second-order valence-corrected chi connectivity index (χ2v) is 4.11. The minimum Gasteiger partial charge on any atom is -0.262 e. The first kappa shape index (κ1) is 11.1. The Kier molecular flexibility index (Phi) is 3.17. The van der Waals surface area contributed by atoms with Crippen LogP contribution in [-0.4, -0.2) is 24.1 Å². The van der Waals surface area contributed by atoms with Gasteiger partial charge in [-0.1, -0.05) is 0 Å². The quantitative estimate of drug-likeness (QED) is 0.807. The summed E-state index contributed by atoms with van der Waals surface area (Å²) in [4.78, 5) is 6.82. The Morgan fingerprint density at radius 2 is 2.14 bits per heavy atom. The highest BCUT2D eigenvalue weighted by Gasteiger charge is 2.24. The Bertz CT molecular complexity index is 425. The van der Waals surface area contributed by atoms with Gasteiger partial charge >= 0.3 is 5.76 Å². The third-order valence-corrected chi connectivity index (χ3v) is 2.25. The van der Waals surface area contributed by atoms with Crippen LogP contribution in [0.2, 0.25) is 5.28 Å². The average Bonchev–Trinajstić information content (AvgIpc) is 2.02. The first-order valence-corrected chi connectivity index (χ1v) is 5.12. The van der Waals surface area contributed by atoms with Crippen molar-refractivity contribution in [3.05, 3.63) is 17.5 Å². The molecule has 0 aromatic carbocycles. The van der Waals surface area contributed by atoms with Gasteiger partial charge < -0.3 is 0 Å². The SMILES string of the molecule is O=S(=O)(Nc1ccnc(Cl)n1)C(F)F. The highest BCUT2D eigenvalue weighted by atomic mass is 35.5. The van der Waals surface area contributed by atoms with Crippen LogP contribution in [0.4, 0.5) is 14.6 Å². The van der Waals surface area contributed by atoms with E-state index < -0.39 is 15.8 Å². The van der Waals surface area contributed by atoms with Crippen LogP contribution in [0.15, 0.2) is 12.3 Å². The van der Waals surface area contributed by atoms with Crippen molar-refractivity contribution in [2.24, 2.45) is 0 Å². The molecule has 0 aliphatic rings. The standard InChI is InChI=1S/C5H4ClF2N3O2S/c6-4-9-2-1-3(10-4)11-14(12,13)5(7)8/h1-2,5H,(H,9,10,11). The number of anilines is 1. The fourth-order valence-electron chi connectivity index (χ4n) is 0.582. The number of halogens is 3. The lowest BCUT2D eigenvalue weighted by atomic mass is 10.6. The summed E-state index contributed by atoms with van der Waals surface area (Å²) < 4.78 is 46.6. The number of nitrogens with one attached hydrogen (secondary N) is 1. The second-order valence-electron chi connectivity index (χ2n) is 2.12. The maximum atomic E-state index is 11.9.